The molecule has 0 unspecified atom stereocenters. The minimum atomic E-state index is -0.446. The van der Waals surface area contributed by atoms with Gasteiger partial charge in [-0.1, -0.05) is 75.4 Å². The average molecular weight is 402 g/mol. The number of nitrogens with one attached hydrogen (secondary N) is 2. The van der Waals surface area contributed by atoms with Gasteiger partial charge in [-0.05, 0) is 40.8 Å². The number of hydrazine groups is 1. The second-order valence-corrected chi connectivity index (χ2v) is 8.01. The van der Waals surface area contributed by atoms with Crippen molar-refractivity contribution in [2.45, 2.75) is 32.8 Å². The van der Waals surface area contributed by atoms with Crippen LogP contribution in [0.1, 0.15) is 52.6 Å². The maximum atomic E-state index is 12.6. The van der Waals surface area contributed by atoms with Crippen molar-refractivity contribution in [1.82, 2.24) is 10.9 Å². The van der Waals surface area contributed by atoms with Gasteiger partial charge >= 0.3 is 0 Å². The summed E-state index contributed by atoms with van der Waals surface area (Å²) < 4.78 is 5.81. The molecule has 0 aliphatic heterocycles. The molecule has 5 nitrogen and oxygen atoms in total. The highest BCUT2D eigenvalue weighted by Crippen LogP contribution is 2.22. The van der Waals surface area contributed by atoms with Crippen molar-refractivity contribution in [2.75, 3.05) is 0 Å². The Kier molecular flexibility index (Phi) is 6.52. The Morgan fingerprint density at radius 1 is 0.767 bits per heavy atom. The fourth-order valence-electron chi connectivity index (χ4n) is 2.89. The zero-order valence-corrected chi connectivity index (χ0v) is 17.4. The quantitative estimate of drug-likeness (QED) is 0.611. The topological polar surface area (TPSA) is 67.4 Å². The first-order valence-corrected chi connectivity index (χ1v) is 9.81. The third-order valence-electron chi connectivity index (χ3n) is 4.67. The fourth-order valence-corrected chi connectivity index (χ4v) is 2.89. The molecule has 2 N–H and O–H groups in total. The molecule has 0 heterocycles. The monoisotopic (exact) mass is 402 g/mol. The molecule has 2 amide bonds. The lowest BCUT2D eigenvalue weighted by Gasteiger charge is -2.19. The molecule has 0 fully saturated rings. The molecule has 0 aliphatic rings. The maximum Gasteiger partial charge on any atom is 0.273 e. The second kappa shape index (κ2) is 9.27. The molecule has 30 heavy (non-hydrogen) atoms. The summed E-state index contributed by atoms with van der Waals surface area (Å²) >= 11 is 0. The number of ether oxygens (including phenoxy) is 1. The van der Waals surface area contributed by atoms with Gasteiger partial charge in [0.1, 0.15) is 12.4 Å². The van der Waals surface area contributed by atoms with Crippen LogP contribution in [0, 0.1) is 0 Å². The van der Waals surface area contributed by atoms with Gasteiger partial charge in [0, 0.05) is 5.56 Å². The Hall–Kier alpha value is -3.60. The summed E-state index contributed by atoms with van der Waals surface area (Å²) in [5.41, 5.74) is 7.88. The van der Waals surface area contributed by atoms with Gasteiger partial charge in [-0.25, -0.2) is 0 Å². The van der Waals surface area contributed by atoms with Gasteiger partial charge in [-0.2, -0.15) is 0 Å². The van der Waals surface area contributed by atoms with Crippen LogP contribution in [-0.2, 0) is 12.0 Å². The third kappa shape index (κ3) is 5.47. The predicted molar refractivity (Wildman–Crippen MR) is 117 cm³/mol. The highest BCUT2D eigenvalue weighted by atomic mass is 16.5. The Balaban J connectivity index is 1.61. The van der Waals surface area contributed by atoms with Gasteiger partial charge in [0.2, 0.25) is 0 Å². The number of para-hydroxylation sites is 1. The number of amides is 2. The summed E-state index contributed by atoms with van der Waals surface area (Å²) in [7, 11) is 0. The predicted octanol–water partition coefficient (Wildman–Crippen LogP) is 4.64. The normalized spacial score (nSPS) is 10.9. The summed E-state index contributed by atoms with van der Waals surface area (Å²) in [5.74, 6) is -0.382. The van der Waals surface area contributed by atoms with E-state index >= 15 is 0 Å². The van der Waals surface area contributed by atoms with Crippen molar-refractivity contribution in [3.63, 3.8) is 0 Å². The van der Waals surface area contributed by atoms with Gasteiger partial charge in [-0.15, -0.1) is 0 Å². The first-order chi connectivity index (χ1) is 14.3. The minimum absolute atomic E-state index is 0.00663. The Morgan fingerprint density at radius 2 is 1.37 bits per heavy atom. The Labute approximate surface area is 177 Å². The van der Waals surface area contributed by atoms with Crippen LogP contribution in [-0.4, -0.2) is 11.8 Å². The lowest BCUT2D eigenvalue weighted by atomic mass is 9.87. The smallest absolute Gasteiger partial charge is 0.273 e. The van der Waals surface area contributed by atoms with Gasteiger partial charge in [-0.3, -0.25) is 20.4 Å². The molecule has 0 aromatic heterocycles. The second-order valence-electron chi connectivity index (χ2n) is 8.01. The SMILES string of the molecule is CC(C)(C)c1ccc(C(=O)NNC(=O)c2ccccc2OCc2ccccc2)cc1. The van der Waals surface area contributed by atoms with E-state index in [1.54, 1.807) is 36.4 Å². The fraction of sp³-hybridized carbons (Fsp3) is 0.200. The summed E-state index contributed by atoms with van der Waals surface area (Å²) in [6, 6.07) is 24.0. The molecule has 0 bridgehead atoms. The van der Waals surface area contributed by atoms with Crippen LogP contribution < -0.4 is 15.6 Å². The number of hydrogen-bond acceptors (Lipinski definition) is 3. The molecule has 0 saturated heterocycles. The van der Waals surface area contributed by atoms with Gasteiger partial charge in [0.15, 0.2) is 0 Å². The standard InChI is InChI=1S/C25H26N2O3/c1-25(2,3)20-15-13-19(14-16-20)23(28)26-27-24(29)21-11-7-8-12-22(21)30-17-18-9-5-4-6-10-18/h4-16H,17H2,1-3H3,(H,26,28)(H,27,29). The molecule has 154 valence electrons. The van der Waals surface area contributed by atoms with Crippen LogP contribution in [0.15, 0.2) is 78.9 Å². The summed E-state index contributed by atoms with van der Waals surface area (Å²) in [4.78, 5) is 25.0. The van der Waals surface area contributed by atoms with E-state index in [2.05, 4.69) is 31.6 Å². The van der Waals surface area contributed by atoms with E-state index in [9.17, 15) is 9.59 Å². The largest absolute Gasteiger partial charge is 0.488 e. The van der Waals surface area contributed by atoms with Crippen LogP contribution in [0.2, 0.25) is 0 Å². The van der Waals surface area contributed by atoms with Crippen molar-refractivity contribution in [3.05, 3.63) is 101 Å². The summed E-state index contributed by atoms with van der Waals surface area (Å²) in [6.07, 6.45) is 0. The first kappa shape index (κ1) is 21.1. The molecule has 3 aromatic rings. The molecular formula is C25H26N2O3. The van der Waals surface area contributed by atoms with E-state index in [1.807, 2.05) is 42.5 Å². The number of carbonyl (C=O) groups excluding carboxylic acids is 2. The van der Waals surface area contributed by atoms with Crippen molar-refractivity contribution in [2.24, 2.45) is 0 Å². The van der Waals surface area contributed by atoms with Gasteiger partial charge in [0.05, 0.1) is 5.56 Å². The van der Waals surface area contributed by atoms with E-state index in [4.69, 9.17) is 4.74 Å². The average Bonchev–Trinajstić information content (AvgIpc) is 2.76. The Bertz CT molecular complexity index is 1010. The van der Waals surface area contributed by atoms with Crippen LogP contribution in [0.5, 0.6) is 5.75 Å². The van der Waals surface area contributed by atoms with Gasteiger partial charge < -0.3 is 4.74 Å². The van der Waals surface area contributed by atoms with Crippen LogP contribution in [0.25, 0.3) is 0 Å². The number of benzene rings is 3. The third-order valence-corrected chi connectivity index (χ3v) is 4.67. The van der Waals surface area contributed by atoms with Crippen molar-refractivity contribution in [1.29, 1.82) is 0 Å². The summed E-state index contributed by atoms with van der Waals surface area (Å²) in [6.45, 7) is 6.68. The molecule has 3 rings (SSSR count). The zero-order valence-electron chi connectivity index (χ0n) is 17.4. The Morgan fingerprint density at radius 3 is 2.03 bits per heavy atom. The van der Waals surface area contributed by atoms with Crippen LogP contribution >= 0.6 is 0 Å². The highest BCUT2D eigenvalue weighted by Gasteiger charge is 2.16. The molecule has 3 aromatic carbocycles. The van der Waals surface area contributed by atoms with E-state index in [-0.39, 0.29) is 11.3 Å². The molecule has 5 heteroatoms. The first-order valence-electron chi connectivity index (χ1n) is 9.81. The zero-order chi connectivity index (χ0) is 21.6. The number of rotatable bonds is 5. The summed E-state index contributed by atoms with van der Waals surface area (Å²) in [5, 5.41) is 0. The van der Waals surface area contributed by atoms with Crippen molar-refractivity contribution in [3.8, 4) is 5.75 Å². The van der Waals surface area contributed by atoms with Crippen LogP contribution in [0.4, 0.5) is 0 Å². The molecular weight excluding hydrogens is 376 g/mol. The minimum Gasteiger partial charge on any atom is -0.488 e. The molecule has 0 atom stereocenters. The van der Waals surface area contributed by atoms with E-state index in [1.165, 1.54) is 0 Å². The lowest BCUT2D eigenvalue weighted by molar-refractivity contribution is 0.0844. The highest BCUT2D eigenvalue weighted by molar-refractivity contribution is 6.00. The molecule has 0 aliphatic carbocycles. The molecule has 0 saturated carbocycles. The van der Waals surface area contributed by atoms with Crippen molar-refractivity contribution >= 4 is 11.8 Å². The van der Waals surface area contributed by atoms with E-state index in [0.717, 1.165) is 11.1 Å². The van der Waals surface area contributed by atoms with Gasteiger partial charge in [0.25, 0.3) is 11.8 Å². The van der Waals surface area contributed by atoms with E-state index in [0.29, 0.717) is 23.5 Å². The maximum absolute atomic E-state index is 12.6. The van der Waals surface area contributed by atoms with E-state index < -0.39 is 5.91 Å². The molecule has 0 radical (unpaired) electrons. The lowest BCUT2D eigenvalue weighted by Crippen LogP contribution is -2.41. The van der Waals surface area contributed by atoms with Crippen LogP contribution in [0.3, 0.4) is 0 Å². The van der Waals surface area contributed by atoms with Crippen molar-refractivity contribution < 1.29 is 14.3 Å². The molecule has 0 spiro atoms. The number of hydrogen-bond donors (Lipinski definition) is 2. The number of carbonyl (C=O) groups is 2.